The zero-order valence-electron chi connectivity index (χ0n) is 20.3. The average Bonchev–Trinajstić information content (AvgIpc) is 3.42. The summed E-state index contributed by atoms with van der Waals surface area (Å²) in [5.41, 5.74) is 4.48. The van der Waals surface area contributed by atoms with Gasteiger partial charge in [-0.3, -0.25) is 9.59 Å². The van der Waals surface area contributed by atoms with Crippen molar-refractivity contribution in [2.45, 2.75) is 26.3 Å². The van der Waals surface area contributed by atoms with Crippen LogP contribution in [0.15, 0.2) is 84.6 Å². The second-order valence-electron chi connectivity index (χ2n) is 8.97. The molecule has 0 spiro atoms. The molecule has 0 aliphatic carbocycles. The number of nitrogens with one attached hydrogen (secondary N) is 1. The van der Waals surface area contributed by atoms with Crippen molar-refractivity contribution in [1.82, 2.24) is 9.88 Å². The number of aromatic amines is 1. The van der Waals surface area contributed by atoms with E-state index in [-0.39, 0.29) is 11.3 Å². The summed E-state index contributed by atoms with van der Waals surface area (Å²) in [5, 5.41) is 12.3. The van der Waals surface area contributed by atoms with Crippen LogP contribution in [-0.2, 0) is 16.0 Å². The lowest BCUT2D eigenvalue weighted by Gasteiger charge is -2.25. The Hall–Kier alpha value is -4.32. The minimum atomic E-state index is -0.702. The highest BCUT2D eigenvalue weighted by molar-refractivity contribution is 6.46. The van der Waals surface area contributed by atoms with Crippen molar-refractivity contribution in [3.8, 4) is 5.75 Å². The minimum Gasteiger partial charge on any atom is -0.507 e. The Balaban J connectivity index is 1.55. The third-order valence-electron chi connectivity index (χ3n) is 6.67. The predicted octanol–water partition coefficient (Wildman–Crippen LogP) is 5.54. The number of para-hydroxylation sites is 1. The highest BCUT2D eigenvalue weighted by Gasteiger charge is 2.45. The maximum atomic E-state index is 13.3. The number of ether oxygens (including phenoxy) is 1. The normalized spacial score (nSPS) is 17.2. The molecule has 1 amide bonds. The molecule has 0 unspecified atom stereocenters. The van der Waals surface area contributed by atoms with Gasteiger partial charge in [-0.15, -0.1) is 0 Å². The summed E-state index contributed by atoms with van der Waals surface area (Å²) in [4.78, 5) is 31.4. The van der Waals surface area contributed by atoms with Gasteiger partial charge in [0.2, 0.25) is 0 Å². The van der Waals surface area contributed by atoms with Crippen LogP contribution in [0.2, 0.25) is 0 Å². The van der Waals surface area contributed by atoms with E-state index in [0.29, 0.717) is 30.9 Å². The fourth-order valence-electron chi connectivity index (χ4n) is 4.82. The molecule has 1 fully saturated rings. The number of hydrogen-bond acceptors (Lipinski definition) is 4. The molecule has 5 rings (SSSR count). The Morgan fingerprint density at radius 2 is 1.72 bits per heavy atom. The highest BCUT2D eigenvalue weighted by Crippen LogP contribution is 2.40. The number of aromatic nitrogens is 1. The van der Waals surface area contributed by atoms with Gasteiger partial charge in [0.25, 0.3) is 11.7 Å². The van der Waals surface area contributed by atoms with E-state index >= 15 is 0 Å². The number of Topliss-reactive ketones (excluding diaryl/α,β-unsaturated/α-hetero) is 1. The lowest BCUT2D eigenvalue weighted by Crippen LogP contribution is -2.31. The average molecular weight is 481 g/mol. The number of H-pyrrole nitrogens is 1. The molecule has 1 saturated heterocycles. The summed E-state index contributed by atoms with van der Waals surface area (Å²) in [6, 6.07) is 21.9. The maximum absolute atomic E-state index is 13.3. The fraction of sp³-hybridized carbons (Fsp3) is 0.200. The van der Waals surface area contributed by atoms with Crippen molar-refractivity contribution in [3.63, 3.8) is 0 Å². The largest absolute Gasteiger partial charge is 0.507 e. The molecule has 182 valence electrons. The number of nitrogens with zero attached hydrogens (tertiary/aromatic N) is 1. The number of hydrogen-bond donors (Lipinski definition) is 2. The predicted molar refractivity (Wildman–Crippen MR) is 140 cm³/mol. The Bertz CT molecular complexity index is 1450. The van der Waals surface area contributed by atoms with Crippen molar-refractivity contribution in [3.05, 3.63) is 107 Å². The van der Waals surface area contributed by atoms with E-state index < -0.39 is 17.7 Å². The second kappa shape index (κ2) is 9.74. The van der Waals surface area contributed by atoms with E-state index in [2.05, 4.69) is 4.98 Å². The second-order valence-corrected chi connectivity index (χ2v) is 8.97. The van der Waals surface area contributed by atoms with E-state index in [1.807, 2.05) is 80.7 Å². The lowest BCUT2D eigenvalue weighted by atomic mass is 9.95. The van der Waals surface area contributed by atoms with Gasteiger partial charge in [-0.25, -0.2) is 0 Å². The maximum Gasteiger partial charge on any atom is 0.295 e. The zero-order chi connectivity index (χ0) is 25.2. The molecule has 0 radical (unpaired) electrons. The van der Waals surface area contributed by atoms with Crippen LogP contribution in [0.3, 0.4) is 0 Å². The van der Waals surface area contributed by atoms with Gasteiger partial charge in [0.15, 0.2) is 0 Å². The quantitative estimate of drug-likeness (QED) is 0.207. The molecule has 4 aromatic rings. The molecule has 1 aliphatic rings. The van der Waals surface area contributed by atoms with Gasteiger partial charge >= 0.3 is 0 Å². The first kappa shape index (κ1) is 23.4. The topological polar surface area (TPSA) is 82.6 Å². The molecular formula is C30H28N2O4. The van der Waals surface area contributed by atoms with E-state index in [1.54, 1.807) is 17.0 Å². The summed E-state index contributed by atoms with van der Waals surface area (Å²) < 4.78 is 5.57. The molecule has 1 aliphatic heterocycles. The first-order valence-electron chi connectivity index (χ1n) is 12.1. The van der Waals surface area contributed by atoms with Crippen LogP contribution in [0.25, 0.3) is 16.7 Å². The molecule has 0 saturated carbocycles. The standard InChI is InChI=1S/C30H28N2O4/c1-3-36-23-14-12-20(13-15-23)27-26(28(33)21-10-8-19(2)9-11-21)29(34)30(35)32(27)17-16-22-18-31-25-7-5-4-6-24(22)25/h4-15,18,27,31,33H,3,16-17H2,1-2H3/t27-/m0/s1. The number of benzene rings is 3. The summed E-state index contributed by atoms with van der Waals surface area (Å²) in [6.07, 6.45) is 2.51. The monoisotopic (exact) mass is 480 g/mol. The molecule has 3 aromatic carbocycles. The molecule has 36 heavy (non-hydrogen) atoms. The molecule has 6 nitrogen and oxygen atoms in total. The summed E-state index contributed by atoms with van der Waals surface area (Å²) in [6.45, 7) is 4.73. The fourth-order valence-corrected chi connectivity index (χ4v) is 4.82. The van der Waals surface area contributed by atoms with Crippen molar-refractivity contribution >= 4 is 28.4 Å². The molecule has 1 atom stereocenters. The Morgan fingerprint density at radius 3 is 2.44 bits per heavy atom. The van der Waals surface area contributed by atoms with Crippen molar-refractivity contribution in [1.29, 1.82) is 0 Å². The molecular weight excluding hydrogens is 452 g/mol. The smallest absolute Gasteiger partial charge is 0.295 e. The number of likely N-dealkylation sites (tertiary alicyclic amines) is 1. The number of aliphatic hydroxyl groups excluding tert-OH is 1. The number of aryl methyl sites for hydroxylation is 1. The van der Waals surface area contributed by atoms with Gasteiger partial charge in [0, 0.05) is 29.2 Å². The van der Waals surface area contributed by atoms with Gasteiger partial charge in [-0.05, 0) is 49.6 Å². The molecule has 1 aromatic heterocycles. The molecule has 0 bridgehead atoms. The van der Waals surface area contributed by atoms with Gasteiger partial charge in [0.05, 0.1) is 18.2 Å². The Morgan fingerprint density at radius 1 is 1.00 bits per heavy atom. The van der Waals surface area contributed by atoms with E-state index in [1.165, 1.54) is 0 Å². The number of amides is 1. The van der Waals surface area contributed by atoms with Crippen LogP contribution in [0, 0.1) is 6.92 Å². The van der Waals surface area contributed by atoms with Crippen molar-refractivity contribution in [2.24, 2.45) is 0 Å². The van der Waals surface area contributed by atoms with Crippen LogP contribution in [0.1, 0.15) is 35.2 Å². The molecule has 6 heteroatoms. The number of rotatable bonds is 7. The first-order chi connectivity index (χ1) is 17.5. The number of carbonyl (C=O) groups is 2. The van der Waals surface area contributed by atoms with Crippen LogP contribution in [0.4, 0.5) is 0 Å². The van der Waals surface area contributed by atoms with Gasteiger partial charge in [-0.2, -0.15) is 0 Å². The number of aliphatic hydroxyl groups is 1. The summed E-state index contributed by atoms with van der Waals surface area (Å²) >= 11 is 0. The third kappa shape index (κ3) is 4.26. The van der Waals surface area contributed by atoms with E-state index in [9.17, 15) is 14.7 Å². The lowest BCUT2D eigenvalue weighted by molar-refractivity contribution is -0.139. The summed E-state index contributed by atoms with van der Waals surface area (Å²) in [7, 11) is 0. The Kier molecular flexibility index (Phi) is 6.34. The minimum absolute atomic E-state index is 0.104. The number of ketones is 1. The van der Waals surface area contributed by atoms with Crippen molar-refractivity contribution in [2.75, 3.05) is 13.2 Å². The first-order valence-corrected chi connectivity index (χ1v) is 12.1. The van der Waals surface area contributed by atoms with Crippen LogP contribution in [0.5, 0.6) is 5.75 Å². The van der Waals surface area contributed by atoms with Gasteiger partial charge in [0.1, 0.15) is 11.5 Å². The van der Waals surface area contributed by atoms with Crippen molar-refractivity contribution < 1.29 is 19.4 Å². The van der Waals surface area contributed by atoms with E-state index in [4.69, 9.17) is 4.74 Å². The van der Waals surface area contributed by atoms with E-state index in [0.717, 1.165) is 27.6 Å². The number of carbonyl (C=O) groups excluding carboxylic acids is 2. The Labute approximate surface area is 209 Å². The molecule has 2 N–H and O–H groups in total. The van der Waals surface area contributed by atoms with Crippen LogP contribution < -0.4 is 4.74 Å². The SMILES string of the molecule is CCOc1ccc([C@H]2C(=C(O)c3ccc(C)cc3)C(=O)C(=O)N2CCc2c[nH]c3ccccc23)cc1. The highest BCUT2D eigenvalue weighted by atomic mass is 16.5. The van der Waals surface area contributed by atoms with Gasteiger partial charge < -0.3 is 19.7 Å². The molecule has 2 heterocycles. The zero-order valence-corrected chi connectivity index (χ0v) is 20.3. The van der Waals surface area contributed by atoms with Crippen LogP contribution in [-0.4, -0.2) is 39.8 Å². The summed E-state index contributed by atoms with van der Waals surface area (Å²) in [5.74, 6) is -0.745. The van der Waals surface area contributed by atoms with Gasteiger partial charge in [-0.1, -0.05) is 60.2 Å². The van der Waals surface area contributed by atoms with Crippen LogP contribution >= 0.6 is 0 Å². The number of fused-ring (bicyclic) bond motifs is 1. The third-order valence-corrected chi connectivity index (χ3v) is 6.67.